The van der Waals surface area contributed by atoms with Gasteiger partial charge in [0.15, 0.2) is 0 Å². The molecule has 0 fully saturated rings. The van der Waals surface area contributed by atoms with Gasteiger partial charge in [0.25, 0.3) is 0 Å². The van der Waals surface area contributed by atoms with Crippen molar-refractivity contribution in [2.45, 2.75) is 65.8 Å². The van der Waals surface area contributed by atoms with Crippen LogP contribution in [0.25, 0.3) is 6.08 Å². The van der Waals surface area contributed by atoms with E-state index in [0.29, 0.717) is 12.0 Å². The van der Waals surface area contributed by atoms with Crippen LogP contribution in [-0.2, 0) is 0 Å². The molecule has 0 aromatic heterocycles. The monoisotopic (exact) mass is 288 g/mol. The number of anilines is 2. The Morgan fingerprint density at radius 2 is 1.95 bits per heavy atom. The first-order chi connectivity index (χ1) is 10.0. The lowest BCUT2D eigenvalue weighted by Gasteiger charge is -2.18. The zero-order valence-electron chi connectivity index (χ0n) is 14.2. The molecule has 0 saturated carbocycles. The van der Waals surface area contributed by atoms with E-state index in [1.165, 1.54) is 25.7 Å². The average Bonchev–Trinajstić information content (AvgIpc) is 2.39. The van der Waals surface area contributed by atoms with Crippen LogP contribution in [0.3, 0.4) is 0 Å². The van der Waals surface area contributed by atoms with Crippen LogP contribution in [-0.4, -0.2) is 6.04 Å². The van der Waals surface area contributed by atoms with Crippen molar-refractivity contribution in [3.8, 4) is 0 Å². The molecule has 21 heavy (non-hydrogen) atoms. The van der Waals surface area contributed by atoms with Crippen molar-refractivity contribution in [2.24, 2.45) is 5.92 Å². The first-order valence-corrected chi connectivity index (χ1v) is 8.35. The van der Waals surface area contributed by atoms with Gasteiger partial charge in [0.1, 0.15) is 0 Å². The number of nitrogen functional groups attached to an aromatic ring is 1. The number of benzene rings is 1. The standard InChI is InChI=1S/C19H32N2/c1-5-6-7-8-9-10-17-11-12-18(14-19(17)20)21-16(4)13-15(2)3/h9-12,14-16,21H,5-8,13,20H2,1-4H3/b10-9+. The molecule has 0 aliphatic rings. The molecule has 0 amide bonds. The summed E-state index contributed by atoms with van der Waals surface area (Å²) in [5, 5.41) is 3.52. The van der Waals surface area contributed by atoms with Crippen molar-refractivity contribution in [1.29, 1.82) is 0 Å². The highest BCUT2D eigenvalue weighted by Crippen LogP contribution is 2.21. The van der Waals surface area contributed by atoms with Gasteiger partial charge < -0.3 is 11.1 Å². The maximum absolute atomic E-state index is 6.15. The summed E-state index contributed by atoms with van der Waals surface area (Å²) >= 11 is 0. The second-order valence-electron chi connectivity index (χ2n) is 6.42. The summed E-state index contributed by atoms with van der Waals surface area (Å²) in [4.78, 5) is 0. The number of nitrogens with two attached hydrogens (primary N) is 1. The zero-order chi connectivity index (χ0) is 15.7. The fourth-order valence-electron chi connectivity index (χ4n) is 2.59. The molecule has 0 radical (unpaired) electrons. The number of allylic oxidation sites excluding steroid dienone is 1. The molecular formula is C19H32N2. The van der Waals surface area contributed by atoms with Crippen LogP contribution in [0, 0.1) is 5.92 Å². The third-order valence-electron chi connectivity index (χ3n) is 3.60. The normalized spacial score (nSPS) is 13.0. The first-order valence-electron chi connectivity index (χ1n) is 8.35. The molecule has 0 bridgehead atoms. The third-order valence-corrected chi connectivity index (χ3v) is 3.60. The van der Waals surface area contributed by atoms with Gasteiger partial charge in [-0.25, -0.2) is 0 Å². The molecule has 2 nitrogen and oxygen atoms in total. The molecule has 0 aliphatic heterocycles. The van der Waals surface area contributed by atoms with E-state index in [1.54, 1.807) is 0 Å². The summed E-state index contributed by atoms with van der Waals surface area (Å²) < 4.78 is 0. The quantitative estimate of drug-likeness (QED) is 0.451. The lowest BCUT2D eigenvalue weighted by Crippen LogP contribution is -2.17. The van der Waals surface area contributed by atoms with Gasteiger partial charge in [-0.1, -0.05) is 51.8 Å². The van der Waals surface area contributed by atoms with Gasteiger partial charge in [-0.2, -0.15) is 0 Å². The summed E-state index contributed by atoms with van der Waals surface area (Å²) in [6.45, 7) is 8.95. The largest absolute Gasteiger partial charge is 0.398 e. The second-order valence-corrected chi connectivity index (χ2v) is 6.42. The minimum absolute atomic E-state index is 0.472. The molecule has 0 heterocycles. The Morgan fingerprint density at radius 1 is 1.19 bits per heavy atom. The van der Waals surface area contributed by atoms with Crippen molar-refractivity contribution < 1.29 is 0 Å². The molecule has 1 unspecified atom stereocenters. The molecule has 2 heteroatoms. The molecule has 1 aromatic rings. The SMILES string of the molecule is CCCCC/C=C/c1ccc(NC(C)CC(C)C)cc1N. The minimum atomic E-state index is 0.472. The molecule has 1 rings (SSSR count). The van der Waals surface area contributed by atoms with Gasteiger partial charge in [-0.05, 0) is 49.8 Å². The van der Waals surface area contributed by atoms with Gasteiger partial charge in [0.2, 0.25) is 0 Å². The lowest BCUT2D eigenvalue weighted by atomic mass is 10.0. The number of hydrogen-bond donors (Lipinski definition) is 2. The highest BCUT2D eigenvalue weighted by Gasteiger charge is 2.05. The number of hydrogen-bond acceptors (Lipinski definition) is 2. The Kier molecular flexibility index (Phi) is 7.96. The smallest absolute Gasteiger partial charge is 0.0408 e. The van der Waals surface area contributed by atoms with Crippen LogP contribution < -0.4 is 11.1 Å². The predicted octanol–water partition coefficient (Wildman–Crippen LogP) is 5.71. The maximum atomic E-state index is 6.15. The van der Waals surface area contributed by atoms with Crippen LogP contribution >= 0.6 is 0 Å². The third kappa shape index (κ3) is 7.22. The van der Waals surface area contributed by atoms with Gasteiger partial charge >= 0.3 is 0 Å². The Hall–Kier alpha value is -1.44. The van der Waals surface area contributed by atoms with E-state index in [-0.39, 0.29) is 0 Å². The Balaban J connectivity index is 2.55. The van der Waals surface area contributed by atoms with Crippen LogP contribution in [0.5, 0.6) is 0 Å². The van der Waals surface area contributed by atoms with E-state index in [0.717, 1.165) is 23.4 Å². The Labute approximate surface area is 130 Å². The highest BCUT2D eigenvalue weighted by atomic mass is 14.9. The van der Waals surface area contributed by atoms with Crippen LogP contribution in [0.1, 0.15) is 65.4 Å². The Bertz CT molecular complexity index is 435. The summed E-state index contributed by atoms with van der Waals surface area (Å²) in [5.74, 6) is 0.704. The summed E-state index contributed by atoms with van der Waals surface area (Å²) in [6.07, 6.45) is 10.5. The molecule has 0 saturated heterocycles. The molecule has 1 atom stereocenters. The molecule has 1 aromatic carbocycles. The van der Waals surface area contributed by atoms with Gasteiger partial charge in [0.05, 0.1) is 0 Å². The van der Waals surface area contributed by atoms with Crippen molar-refractivity contribution in [3.05, 3.63) is 29.8 Å². The molecule has 118 valence electrons. The van der Waals surface area contributed by atoms with E-state index in [2.05, 4.69) is 57.3 Å². The van der Waals surface area contributed by atoms with Crippen molar-refractivity contribution >= 4 is 17.5 Å². The van der Waals surface area contributed by atoms with E-state index < -0.39 is 0 Å². The fourth-order valence-corrected chi connectivity index (χ4v) is 2.59. The zero-order valence-corrected chi connectivity index (χ0v) is 14.2. The van der Waals surface area contributed by atoms with Gasteiger partial charge in [-0.15, -0.1) is 0 Å². The number of rotatable bonds is 9. The predicted molar refractivity (Wildman–Crippen MR) is 96.6 cm³/mol. The van der Waals surface area contributed by atoms with Crippen LogP contribution in [0.4, 0.5) is 11.4 Å². The van der Waals surface area contributed by atoms with E-state index >= 15 is 0 Å². The van der Waals surface area contributed by atoms with E-state index in [9.17, 15) is 0 Å². The summed E-state index contributed by atoms with van der Waals surface area (Å²) in [6, 6.07) is 6.75. The second kappa shape index (κ2) is 9.49. The van der Waals surface area contributed by atoms with E-state index in [4.69, 9.17) is 5.73 Å². The summed E-state index contributed by atoms with van der Waals surface area (Å²) in [5.41, 5.74) is 9.23. The lowest BCUT2D eigenvalue weighted by molar-refractivity contribution is 0.540. The molecular weight excluding hydrogens is 256 g/mol. The topological polar surface area (TPSA) is 38.0 Å². The molecule has 3 N–H and O–H groups in total. The fraction of sp³-hybridized carbons (Fsp3) is 0.579. The van der Waals surface area contributed by atoms with Gasteiger partial charge in [-0.3, -0.25) is 0 Å². The Morgan fingerprint density at radius 3 is 2.57 bits per heavy atom. The molecule has 0 spiro atoms. The summed E-state index contributed by atoms with van der Waals surface area (Å²) in [7, 11) is 0. The first kappa shape index (κ1) is 17.6. The highest BCUT2D eigenvalue weighted by molar-refractivity contribution is 5.69. The van der Waals surface area contributed by atoms with E-state index in [1.807, 2.05) is 6.07 Å². The van der Waals surface area contributed by atoms with Gasteiger partial charge in [0, 0.05) is 17.4 Å². The van der Waals surface area contributed by atoms with Crippen molar-refractivity contribution in [2.75, 3.05) is 11.1 Å². The van der Waals surface area contributed by atoms with Crippen molar-refractivity contribution in [1.82, 2.24) is 0 Å². The van der Waals surface area contributed by atoms with Crippen LogP contribution in [0.2, 0.25) is 0 Å². The molecule has 0 aliphatic carbocycles. The maximum Gasteiger partial charge on any atom is 0.0408 e. The minimum Gasteiger partial charge on any atom is -0.398 e. The van der Waals surface area contributed by atoms with Crippen molar-refractivity contribution in [3.63, 3.8) is 0 Å². The average molecular weight is 288 g/mol. The van der Waals surface area contributed by atoms with Crippen LogP contribution in [0.15, 0.2) is 24.3 Å². The number of unbranched alkanes of at least 4 members (excludes halogenated alkanes) is 3. The number of nitrogens with one attached hydrogen (secondary N) is 1.